The van der Waals surface area contributed by atoms with E-state index in [4.69, 9.17) is 20.9 Å². The normalized spacial score (nSPS) is 20.6. The molecule has 1 aliphatic heterocycles. The van der Waals surface area contributed by atoms with Crippen LogP contribution in [0.3, 0.4) is 0 Å². The molecule has 1 heterocycles. The number of hydrogen-bond acceptors (Lipinski definition) is 2. The van der Waals surface area contributed by atoms with E-state index in [1.165, 1.54) is 0 Å². The summed E-state index contributed by atoms with van der Waals surface area (Å²) in [7, 11) is -0.432. The molecule has 1 saturated heterocycles. The van der Waals surface area contributed by atoms with E-state index in [-0.39, 0.29) is 11.2 Å². The lowest BCUT2D eigenvalue weighted by Crippen LogP contribution is -2.41. The molecular formula is C16H18BClO2. The lowest BCUT2D eigenvalue weighted by molar-refractivity contribution is 0.00578. The minimum absolute atomic E-state index is 0.363. The van der Waals surface area contributed by atoms with Gasteiger partial charge >= 0.3 is 7.12 Å². The second kappa shape index (κ2) is 4.49. The number of hydrogen-bond donors (Lipinski definition) is 0. The average Bonchev–Trinajstić information content (AvgIpc) is 2.57. The van der Waals surface area contributed by atoms with Crippen molar-refractivity contribution >= 4 is 35.0 Å². The van der Waals surface area contributed by atoms with E-state index in [0.717, 1.165) is 16.2 Å². The first-order valence-corrected chi connectivity index (χ1v) is 7.22. The highest BCUT2D eigenvalue weighted by atomic mass is 35.5. The van der Waals surface area contributed by atoms with Crippen LogP contribution in [0.25, 0.3) is 10.8 Å². The highest BCUT2D eigenvalue weighted by molar-refractivity contribution is 6.68. The SMILES string of the molecule is CC1(C)OB(c2c(Cl)ccc3ccccc23)OC1(C)C. The summed E-state index contributed by atoms with van der Waals surface area (Å²) in [6, 6.07) is 12.1. The Hall–Kier alpha value is -1.03. The van der Waals surface area contributed by atoms with E-state index in [1.54, 1.807) is 0 Å². The van der Waals surface area contributed by atoms with Crippen LogP contribution < -0.4 is 5.46 Å². The molecule has 0 amide bonds. The van der Waals surface area contributed by atoms with Crippen molar-refractivity contribution in [2.24, 2.45) is 0 Å². The van der Waals surface area contributed by atoms with Crippen molar-refractivity contribution in [3.63, 3.8) is 0 Å². The van der Waals surface area contributed by atoms with Gasteiger partial charge < -0.3 is 9.31 Å². The maximum Gasteiger partial charge on any atom is 0.497 e. The molecule has 2 aromatic carbocycles. The Morgan fingerprint density at radius 1 is 0.900 bits per heavy atom. The van der Waals surface area contributed by atoms with Gasteiger partial charge in [0, 0.05) is 10.5 Å². The van der Waals surface area contributed by atoms with Gasteiger partial charge in [0.1, 0.15) is 0 Å². The molecule has 0 saturated carbocycles. The maximum absolute atomic E-state index is 6.41. The number of fused-ring (bicyclic) bond motifs is 1. The van der Waals surface area contributed by atoms with E-state index in [0.29, 0.717) is 5.02 Å². The molecule has 104 valence electrons. The summed E-state index contributed by atoms with van der Waals surface area (Å²) in [4.78, 5) is 0. The van der Waals surface area contributed by atoms with Crippen molar-refractivity contribution in [2.75, 3.05) is 0 Å². The molecule has 20 heavy (non-hydrogen) atoms. The monoisotopic (exact) mass is 288 g/mol. The van der Waals surface area contributed by atoms with Crippen LogP contribution in [0.1, 0.15) is 27.7 Å². The fraction of sp³-hybridized carbons (Fsp3) is 0.375. The standard InChI is InChI=1S/C16H18BClO2/c1-15(2)16(3,4)20-17(19-15)14-12-8-6-5-7-11(12)9-10-13(14)18/h5-10H,1-4H3. The van der Waals surface area contributed by atoms with Crippen LogP contribution in [0.4, 0.5) is 0 Å². The summed E-state index contributed by atoms with van der Waals surface area (Å²) in [6.07, 6.45) is 0. The van der Waals surface area contributed by atoms with Crippen LogP contribution in [0, 0.1) is 0 Å². The topological polar surface area (TPSA) is 18.5 Å². The zero-order valence-corrected chi connectivity index (χ0v) is 13.0. The van der Waals surface area contributed by atoms with Gasteiger partial charge in [-0.05, 0) is 44.5 Å². The van der Waals surface area contributed by atoms with Crippen molar-refractivity contribution in [2.45, 2.75) is 38.9 Å². The molecule has 0 atom stereocenters. The second-order valence-electron chi connectivity index (χ2n) is 6.27. The van der Waals surface area contributed by atoms with Crippen molar-refractivity contribution in [1.82, 2.24) is 0 Å². The zero-order chi connectivity index (χ0) is 14.5. The zero-order valence-electron chi connectivity index (χ0n) is 12.2. The van der Waals surface area contributed by atoms with Gasteiger partial charge in [0.2, 0.25) is 0 Å². The average molecular weight is 289 g/mol. The Morgan fingerprint density at radius 3 is 2.15 bits per heavy atom. The molecule has 0 aromatic heterocycles. The van der Waals surface area contributed by atoms with E-state index in [1.807, 2.05) is 52.0 Å². The second-order valence-corrected chi connectivity index (χ2v) is 6.68. The molecule has 0 aliphatic carbocycles. The molecule has 4 heteroatoms. The van der Waals surface area contributed by atoms with Crippen molar-refractivity contribution < 1.29 is 9.31 Å². The minimum atomic E-state index is -0.432. The summed E-state index contributed by atoms with van der Waals surface area (Å²) in [5.74, 6) is 0. The molecule has 0 radical (unpaired) electrons. The Bertz CT molecular complexity index is 651. The maximum atomic E-state index is 6.41. The predicted octanol–water partition coefficient (Wildman–Crippen LogP) is 3.79. The summed E-state index contributed by atoms with van der Waals surface area (Å²) in [5.41, 5.74) is 0.194. The molecular weight excluding hydrogens is 270 g/mol. The smallest absolute Gasteiger partial charge is 0.399 e. The molecule has 2 aromatic rings. The first-order chi connectivity index (χ1) is 9.32. The summed E-state index contributed by atoms with van der Waals surface area (Å²) < 4.78 is 12.3. The molecule has 0 bridgehead atoms. The molecule has 0 spiro atoms. The molecule has 2 nitrogen and oxygen atoms in total. The highest BCUT2D eigenvalue weighted by Crippen LogP contribution is 2.37. The van der Waals surface area contributed by atoms with Crippen molar-refractivity contribution in [3.05, 3.63) is 41.4 Å². The predicted molar refractivity (Wildman–Crippen MR) is 84.7 cm³/mol. The fourth-order valence-electron chi connectivity index (χ4n) is 2.47. The molecule has 0 N–H and O–H groups in total. The number of benzene rings is 2. The fourth-order valence-corrected chi connectivity index (χ4v) is 2.72. The lowest BCUT2D eigenvalue weighted by atomic mass is 9.76. The van der Waals surface area contributed by atoms with Crippen LogP contribution in [0.15, 0.2) is 36.4 Å². The summed E-state index contributed by atoms with van der Waals surface area (Å²) >= 11 is 6.41. The minimum Gasteiger partial charge on any atom is -0.399 e. The number of rotatable bonds is 1. The van der Waals surface area contributed by atoms with Crippen LogP contribution in [0.5, 0.6) is 0 Å². The third kappa shape index (κ3) is 2.05. The Labute approximate surface area is 125 Å². The van der Waals surface area contributed by atoms with E-state index < -0.39 is 7.12 Å². The van der Waals surface area contributed by atoms with E-state index >= 15 is 0 Å². The number of halogens is 1. The first-order valence-electron chi connectivity index (χ1n) is 6.85. The lowest BCUT2D eigenvalue weighted by Gasteiger charge is -2.32. The largest absolute Gasteiger partial charge is 0.497 e. The summed E-state index contributed by atoms with van der Waals surface area (Å²) in [5, 5.41) is 2.90. The van der Waals surface area contributed by atoms with Crippen LogP contribution in [-0.4, -0.2) is 18.3 Å². The quantitative estimate of drug-likeness (QED) is 0.743. The van der Waals surface area contributed by atoms with Gasteiger partial charge in [-0.15, -0.1) is 0 Å². The van der Waals surface area contributed by atoms with Gasteiger partial charge in [-0.2, -0.15) is 0 Å². The summed E-state index contributed by atoms with van der Waals surface area (Å²) in [6.45, 7) is 8.19. The molecule has 3 rings (SSSR count). The highest BCUT2D eigenvalue weighted by Gasteiger charge is 2.52. The van der Waals surface area contributed by atoms with E-state index in [9.17, 15) is 0 Å². The van der Waals surface area contributed by atoms with Gasteiger partial charge in [0.05, 0.1) is 11.2 Å². The molecule has 0 unspecified atom stereocenters. The van der Waals surface area contributed by atoms with Gasteiger partial charge in [0.15, 0.2) is 0 Å². The van der Waals surface area contributed by atoms with Gasteiger partial charge in [-0.3, -0.25) is 0 Å². The van der Waals surface area contributed by atoms with Gasteiger partial charge in [-0.1, -0.05) is 41.9 Å². The Morgan fingerprint density at radius 2 is 1.50 bits per heavy atom. The van der Waals surface area contributed by atoms with Gasteiger partial charge in [0.25, 0.3) is 0 Å². The van der Waals surface area contributed by atoms with Crippen LogP contribution >= 0.6 is 11.6 Å². The van der Waals surface area contributed by atoms with Crippen LogP contribution in [-0.2, 0) is 9.31 Å². The Kier molecular flexibility index (Phi) is 3.13. The third-order valence-corrected chi connectivity index (χ3v) is 4.74. The Balaban J connectivity index is 2.14. The van der Waals surface area contributed by atoms with Crippen molar-refractivity contribution in [1.29, 1.82) is 0 Å². The van der Waals surface area contributed by atoms with Crippen LogP contribution in [0.2, 0.25) is 5.02 Å². The van der Waals surface area contributed by atoms with Crippen molar-refractivity contribution in [3.8, 4) is 0 Å². The molecule has 1 fully saturated rings. The van der Waals surface area contributed by atoms with Gasteiger partial charge in [-0.25, -0.2) is 0 Å². The first kappa shape index (κ1) is 13.9. The van der Waals surface area contributed by atoms with E-state index in [2.05, 4.69) is 12.1 Å². The third-order valence-electron chi connectivity index (χ3n) is 4.41. The molecule has 1 aliphatic rings.